The van der Waals surface area contributed by atoms with E-state index < -0.39 is 0 Å². The largest absolute Gasteiger partial charge is 0.326 e. The fourth-order valence-corrected chi connectivity index (χ4v) is 2.43. The number of carbonyl (C=O) groups excluding carboxylic acids is 1. The van der Waals surface area contributed by atoms with Crippen LogP contribution >= 0.6 is 11.6 Å². The molecule has 3 aromatic rings. The first-order chi connectivity index (χ1) is 12.7. The molecule has 0 bridgehead atoms. The Morgan fingerprint density at radius 2 is 1.77 bits per heavy atom. The van der Waals surface area contributed by atoms with Crippen LogP contribution in [0.4, 0.5) is 5.69 Å². The number of hydrogen-bond acceptors (Lipinski definition) is 3. The van der Waals surface area contributed by atoms with E-state index in [1.54, 1.807) is 36.7 Å². The zero-order valence-corrected chi connectivity index (χ0v) is 14.6. The number of aromatic nitrogens is 1. The molecule has 0 unspecified atom stereocenters. The van der Waals surface area contributed by atoms with E-state index in [1.807, 2.05) is 42.5 Å². The summed E-state index contributed by atoms with van der Waals surface area (Å²) in [5, 5.41) is 6.52. The molecule has 2 aromatic carbocycles. The third kappa shape index (κ3) is 5.16. The fourth-order valence-electron chi connectivity index (χ4n) is 2.24. The van der Waals surface area contributed by atoms with Crippen LogP contribution in [-0.2, 0) is 6.54 Å². The summed E-state index contributed by atoms with van der Waals surface area (Å²) in [5.41, 5.74) is 2.27. The predicted molar refractivity (Wildman–Crippen MR) is 104 cm³/mol. The maximum atomic E-state index is 12.5. The van der Waals surface area contributed by atoms with Gasteiger partial charge in [0.05, 0.1) is 6.54 Å². The van der Waals surface area contributed by atoms with E-state index in [9.17, 15) is 4.79 Å². The number of guanidine groups is 1. The summed E-state index contributed by atoms with van der Waals surface area (Å²) >= 11 is 6.03. The number of hydrogen-bond donors (Lipinski definition) is 2. The van der Waals surface area contributed by atoms with Crippen LogP contribution in [0, 0.1) is 0 Å². The average Bonchev–Trinajstić information content (AvgIpc) is 2.67. The van der Waals surface area contributed by atoms with Crippen molar-refractivity contribution >= 4 is 29.2 Å². The van der Waals surface area contributed by atoms with Gasteiger partial charge >= 0.3 is 0 Å². The second-order valence-corrected chi connectivity index (χ2v) is 5.91. The molecule has 0 saturated carbocycles. The smallest absolute Gasteiger partial charge is 0.257 e. The Labute approximate surface area is 156 Å². The van der Waals surface area contributed by atoms with Gasteiger partial charge in [-0.2, -0.15) is 0 Å². The minimum absolute atomic E-state index is 0.242. The van der Waals surface area contributed by atoms with E-state index in [4.69, 9.17) is 11.6 Å². The van der Waals surface area contributed by atoms with Crippen molar-refractivity contribution in [3.63, 3.8) is 0 Å². The number of nitrogens with zero attached hydrogens (tertiary/aromatic N) is 2. The van der Waals surface area contributed by atoms with Crippen LogP contribution in [0.5, 0.6) is 0 Å². The van der Waals surface area contributed by atoms with Gasteiger partial charge in [0.15, 0.2) is 0 Å². The zero-order chi connectivity index (χ0) is 18.2. The van der Waals surface area contributed by atoms with Crippen LogP contribution < -0.4 is 10.6 Å². The predicted octanol–water partition coefficient (Wildman–Crippen LogP) is 4.13. The van der Waals surface area contributed by atoms with E-state index in [0.717, 1.165) is 11.3 Å². The number of amides is 1. The van der Waals surface area contributed by atoms with Crippen LogP contribution in [0.25, 0.3) is 0 Å². The molecule has 130 valence electrons. The van der Waals surface area contributed by atoms with Gasteiger partial charge in [-0.15, -0.1) is 0 Å². The third-order valence-corrected chi connectivity index (χ3v) is 3.76. The molecule has 6 heteroatoms. The number of aliphatic imine (C=N–C) groups is 1. The molecule has 0 saturated heterocycles. The Balaban J connectivity index is 1.79. The number of pyridine rings is 1. The molecular weight excluding hydrogens is 348 g/mol. The summed E-state index contributed by atoms with van der Waals surface area (Å²) in [7, 11) is 0. The minimum Gasteiger partial charge on any atom is -0.326 e. The fraction of sp³-hybridized carbons (Fsp3) is 0.0500. The van der Waals surface area contributed by atoms with Gasteiger partial charge in [-0.05, 0) is 48.0 Å². The van der Waals surface area contributed by atoms with Crippen molar-refractivity contribution in [1.82, 2.24) is 10.3 Å². The van der Waals surface area contributed by atoms with E-state index in [0.29, 0.717) is 23.1 Å². The second kappa shape index (κ2) is 8.78. The maximum absolute atomic E-state index is 12.5. The summed E-state index contributed by atoms with van der Waals surface area (Å²) in [6.07, 6.45) is 3.41. The van der Waals surface area contributed by atoms with E-state index >= 15 is 0 Å². The molecule has 0 aliphatic carbocycles. The Bertz CT molecular complexity index is 898. The van der Waals surface area contributed by atoms with E-state index in [1.165, 1.54) is 0 Å². The lowest BCUT2D eigenvalue weighted by molar-refractivity contribution is 0.0977. The third-order valence-electron chi connectivity index (χ3n) is 3.52. The molecule has 26 heavy (non-hydrogen) atoms. The van der Waals surface area contributed by atoms with Gasteiger partial charge in [0.1, 0.15) is 0 Å². The van der Waals surface area contributed by atoms with Gasteiger partial charge < -0.3 is 5.32 Å². The Morgan fingerprint density at radius 3 is 2.50 bits per heavy atom. The molecule has 2 N–H and O–H groups in total. The molecule has 5 nitrogen and oxygen atoms in total. The van der Waals surface area contributed by atoms with Gasteiger partial charge in [-0.1, -0.05) is 35.9 Å². The molecule has 0 fully saturated rings. The standard InChI is InChI=1S/C20H17ClN4O/c21-17-7-4-8-18(13-17)24-20(23-14-15-9-11-22-12-10-15)25-19(26)16-5-2-1-3-6-16/h1-13H,14H2,(H2,23,24,25,26). The molecule has 0 aliphatic heterocycles. The van der Waals surface area contributed by atoms with Gasteiger partial charge in [0.25, 0.3) is 5.91 Å². The molecule has 0 aliphatic rings. The Kier molecular flexibility index (Phi) is 5.96. The highest BCUT2D eigenvalue weighted by Crippen LogP contribution is 2.15. The summed E-state index contributed by atoms with van der Waals surface area (Å²) in [6.45, 7) is 0.403. The normalized spacial score (nSPS) is 11.0. The molecular formula is C20H17ClN4O. The zero-order valence-electron chi connectivity index (χ0n) is 13.9. The Hall–Kier alpha value is -3.18. The summed E-state index contributed by atoms with van der Waals surface area (Å²) < 4.78 is 0. The summed E-state index contributed by atoms with van der Waals surface area (Å²) in [6, 6.07) is 19.9. The van der Waals surface area contributed by atoms with Crippen LogP contribution in [0.15, 0.2) is 84.1 Å². The number of nitrogens with one attached hydrogen (secondary N) is 2. The molecule has 0 radical (unpaired) electrons. The van der Waals surface area contributed by atoms with Crippen LogP contribution in [-0.4, -0.2) is 16.9 Å². The SMILES string of the molecule is O=C(NC(=NCc1ccncc1)Nc1cccc(Cl)c1)c1ccccc1. The molecule has 1 amide bonds. The monoisotopic (exact) mass is 364 g/mol. The van der Waals surface area contributed by atoms with Gasteiger partial charge in [-0.3, -0.25) is 15.1 Å². The van der Waals surface area contributed by atoms with Crippen LogP contribution in [0.3, 0.4) is 0 Å². The molecule has 1 heterocycles. The van der Waals surface area contributed by atoms with Crippen LogP contribution in [0.1, 0.15) is 15.9 Å². The highest BCUT2D eigenvalue weighted by Gasteiger charge is 2.09. The first kappa shape index (κ1) is 17.6. The number of carbonyl (C=O) groups is 1. The highest BCUT2D eigenvalue weighted by atomic mass is 35.5. The maximum Gasteiger partial charge on any atom is 0.257 e. The highest BCUT2D eigenvalue weighted by molar-refractivity contribution is 6.31. The average molecular weight is 365 g/mol. The molecule has 3 rings (SSSR count). The van der Waals surface area contributed by atoms with E-state index in [-0.39, 0.29) is 5.91 Å². The molecule has 1 aromatic heterocycles. The van der Waals surface area contributed by atoms with Crippen molar-refractivity contribution in [2.45, 2.75) is 6.54 Å². The number of anilines is 1. The molecule has 0 atom stereocenters. The quantitative estimate of drug-likeness (QED) is 0.540. The lowest BCUT2D eigenvalue weighted by Crippen LogP contribution is -2.36. The van der Waals surface area contributed by atoms with E-state index in [2.05, 4.69) is 20.6 Å². The number of halogens is 1. The van der Waals surface area contributed by atoms with Gasteiger partial charge in [-0.25, -0.2) is 4.99 Å². The van der Waals surface area contributed by atoms with Crippen molar-refractivity contribution in [2.24, 2.45) is 4.99 Å². The molecule has 0 spiro atoms. The second-order valence-electron chi connectivity index (χ2n) is 5.48. The van der Waals surface area contributed by atoms with Crippen molar-refractivity contribution in [3.05, 3.63) is 95.3 Å². The van der Waals surface area contributed by atoms with Crippen molar-refractivity contribution < 1.29 is 4.79 Å². The minimum atomic E-state index is -0.242. The number of benzene rings is 2. The topological polar surface area (TPSA) is 66.4 Å². The number of rotatable bonds is 4. The van der Waals surface area contributed by atoms with Crippen molar-refractivity contribution in [1.29, 1.82) is 0 Å². The first-order valence-corrected chi connectivity index (χ1v) is 8.41. The summed E-state index contributed by atoms with van der Waals surface area (Å²) in [4.78, 5) is 20.9. The van der Waals surface area contributed by atoms with Gasteiger partial charge in [0, 0.05) is 28.7 Å². The Morgan fingerprint density at radius 1 is 1.00 bits per heavy atom. The van der Waals surface area contributed by atoms with Crippen molar-refractivity contribution in [2.75, 3.05) is 5.32 Å². The first-order valence-electron chi connectivity index (χ1n) is 8.03. The lowest BCUT2D eigenvalue weighted by atomic mass is 10.2. The van der Waals surface area contributed by atoms with Gasteiger partial charge in [0.2, 0.25) is 5.96 Å². The van der Waals surface area contributed by atoms with Crippen LogP contribution in [0.2, 0.25) is 5.02 Å². The summed E-state index contributed by atoms with van der Waals surface area (Å²) in [5.74, 6) is 0.103. The van der Waals surface area contributed by atoms with Crippen molar-refractivity contribution in [3.8, 4) is 0 Å². The lowest BCUT2D eigenvalue weighted by Gasteiger charge is -2.12.